The molecule has 2 heterocycles. The van der Waals surface area contributed by atoms with Crippen LogP contribution in [0.1, 0.15) is 37.8 Å². The first kappa shape index (κ1) is 14.1. The summed E-state index contributed by atoms with van der Waals surface area (Å²) in [5.41, 5.74) is 0.798. The first-order valence-electron chi connectivity index (χ1n) is 7.28. The molecule has 1 aliphatic carbocycles. The monoisotopic (exact) mass is 299 g/mol. The SMILES string of the molecule is O=C(C=Cc1csc(-c2ncccn2)n1)C1CCCCC1. The van der Waals surface area contributed by atoms with Crippen LogP contribution in [0.5, 0.6) is 0 Å². The van der Waals surface area contributed by atoms with Crippen LogP contribution < -0.4 is 0 Å². The molecule has 0 atom stereocenters. The topological polar surface area (TPSA) is 55.7 Å². The Morgan fingerprint density at radius 3 is 2.71 bits per heavy atom. The Balaban J connectivity index is 1.66. The molecule has 3 rings (SSSR count). The minimum atomic E-state index is 0.213. The molecule has 0 amide bonds. The number of rotatable bonds is 4. The van der Waals surface area contributed by atoms with E-state index in [9.17, 15) is 4.79 Å². The predicted molar refractivity (Wildman–Crippen MR) is 83.8 cm³/mol. The average molecular weight is 299 g/mol. The lowest BCUT2D eigenvalue weighted by Crippen LogP contribution is -2.15. The Morgan fingerprint density at radius 1 is 1.19 bits per heavy atom. The number of carbonyl (C=O) groups is 1. The molecule has 2 aromatic rings. The lowest BCUT2D eigenvalue weighted by Gasteiger charge is -2.18. The number of aromatic nitrogens is 3. The van der Waals surface area contributed by atoms with Crippen LogP contribution >= 0.6 is 11.3 Å². The minimum absolute atomic E-state index is 0.213. The molecule has 0 saturated heterocycles. The van der Waals surface area contributed by atoms with Crippen LogP contribution in [0.4, 0.5) is 0 Å². The maximum Gasteiger partial charge on any atom is 0.188 e. The molecule has 5 heteroatoms. The summed E-state index contributed by atoms with van der Waals surface area (Å²) in [5.74, 6) is 1.08. The van der Waals surface area contributed by atoms with Crippen molar-refractivity contribution in [2.75, 3.05) is 0 Å². The zero-order valence-electron chi connectivity index (χ0n) is 11.7. The highest BCUT2D eigenvalue weighted by atomic mass is 32.1. The molecular weight excluding hydrogens is 282 g/mol. The molecule has 1 fully saturated rings. The zero-order valence-corrected chi connectivity index (χ0v) is 12.6. The molecule has 0 N–H and O–H groups in total. The Morgan fingerprint density at radius 2 is 1.95 bits per heavy atom. The van der Waals surface area contributed by atoms with E-state index in [2.05, 4.69) is 15.0 Å². The van der Waals surface area contributed by atoms with E-state index >= 15 is 0 Å². The number of ketones is 1. The molecule has 0 aromatic carbocycles. The summed E-state index contributed by atoms with van der Waals surface area (Å²) < 4.78 is 0. The van der Waals surface area contributed by atoms with E-state index in [4.69, 9.17) is 0 Å². The van der Waals surface area contributed by atoms with Gasteiger partial charge in [0.05, 0.1) is 5.69 Å². The predicted octanol–water partition coefficient (Wildman–Crippen LogP) is 3.76. The molecule has 21 heavy (non-hydrogen) atoms. The van der Waals surface area contributed by atoms with Gasteiger partial charge in [-0.25, -0.2) is 15.0 Å². The highest BCUT2D eigenvalue weighted by Gasteiger charge is 2.18. The lowest BCUT2D eigenvalue weighted by molar-refractivity contribution is -0.119. The van der Waals surface area contributed by atoms with Gasteiger partial charge < -0.3 is 0 Å². The Bertz CT molecular complexity index is 630. The maximum atomic E-state index is 12.1. The smallest absolute Gasteiger partial charge is 0.188 e. The van der Waals surface area contributed by atoms with Gasteiger partial charge in [0.1, 0.15) is 0 Å². The molecule has 2 aromatic heterocycles. The molecule has 1 saturated carbocycles. The van der Waals surface area contributed by atoms with Crippen molar-refractivity contribution in [1.82, 2.24) is 15.0 Å². The van der Waals surface area contributed by atoms with Crippen LogP contribution in [0.15, 0.2) is 29.9 Å². The van der Waals surface area contributed by atoms with Crippen molar-refractivity contribution in [2.45, 2.75) is 32.1 Å². The van der Waals surface area contributed by atoms with E-state index < -0.39 is 0 Å². The van der Waals surface area contributed by atoms with E-state index in [1.807, 2.05) is 5.38 Å². The fourth-order valence-electron chi connectivity index (χ4n) is 2.57. The number of nitrogens with zero attached hydrogens (tertiary/aromatic N) is 3. The molecule has 0 spiro atoms. The molecule has 4 nitrogen and oxygen atoms in total. The molecule has 0 radical (unpaired) electrons. The zero-order chi connectivity index (χ0) is 14.5. The summed E-state index contributed by atoms with van der Waals surface area (Å²) in [4.78, 5) is 24.9. The minimum Gasteiger partial charge on any atom is -0.295 e. The highest BCUT2D eigenvalue weighted by molar-refractivity contribution is 7.13. The Kier molecular flexibility index (Phi) is 4.50. The number of hydrogen-bond acceptors (Lipinski definition) is 5. The summed E-state index contributed by atoms with van der Waals surface area (Å²) in [7, 11) is 0. The van der Waals surface area contributed by atoms with Crippen LogP contribution in [0, 0.1) is 5.92 Å². The fraction of sp³-hybridized carbons (Fsp3) is 0.375. The van der Waals surface area contributed by atoms with Crippen LogP contribution in [0.2, 0.25) is 0 Å². The van der Waals surface area contributed by atoms with E-state index in [1.54, 1.807) is 30.6 Å². The summed E-state index contributed by atoms with van der Waals surface area (Å²) in [6.45, 7) is 0. The number of thiazole rings is 1. The average Bonchev–Trinajstić information content (AvgIpc) is 3.03. The van der Waals surface area contributed by atoms with Gasteiger partial charge in [0.2, 0.25) is 0 Å². The van der Waals surface area contributed by atoms with Gasteiger partial charge in [0.15, 0.2) is 16.6 Å². The second-order valence-electron chi connectivity index (χ2n) is 5.22. The summed E-state index contributed by atoms with van der Waals surface area (Å²) >= 11 is 1.49. The number of hydrogen-bond donors (Lipinski definition) is 0. The van der Waals surface area contributed by atoms with Gasteiger partial charge in [-0.15, -0.1) is 11.3 Å². The van der Waals surface area contributed by atoms with E-state index in [0.717, 1.165) is 23.5 Å². The summed E-state index contributed by atoms with van der Waals surface area (Å²) in [6.07, 6.45) is 12.6. The Hall–Kier alpha value is -1.88. The fourth-order valence-corrected chi connectivity index (χ4v) is 3.30. The summed E-state index contributed by atoms with van der Waals surface area (Å²) in [5, 5.41) is 2.71. The van der Waals surface area contributed by atoms with Crippen molar-refractivity contribution in [3.63, 3.8) is 0 Å². The Labute approximate surface area is 128 Å². The van der Waals surface area contributed by atoms with Crippen molar-refractivity contribution in [3.05, 3.63) is 35.6 Å². The molecular formula is C16H17N3OS. The largest absolute Gasteiger partial charge is 0.295 e. The molecule has 0 aliphatic heterocycles. The molecule has 1 aliphatic rings. The van der Waals surface area contributed by atoms with Crippen LogP contribution in [0.25, 0.3) is 16.9 Å². The van der Waals surface area contributed by atoms with Gasteiger partial charge in [0.25, 0.3) is 0 Å². The molecule has 0 unspecified atom stereocenters. The second-order valence-corrected chi connectivity index (χ2v) is 6.08. The quantitative estimate of drug-likeness (QED) is 0.807. The van der Waals surface area contributed by atoms with E-state index in [0.29, 0.717) is 5.82 Å². The second kappa shape index (κ2) is 6.72. The van der Waals surface area contributed by atoms with Crippen molar-refractivity contribution >= 4 is 23.2 Å². The van der Waals surface area contributed by atoms with Crippen molar-refractivity contribution in [2.24, 2.45) is 5.92 Å². The van der Waals surface area contributed by atoms with Crippen LogP contribution in [-0.2, 0) is 4.79 Å². The number of allylic oxidation sites excluding steroid dienone is 1. The molecule has 0 bridgehead atoms. The van der Waals surface area contributed by atoms with Gasteiger partial charge in [-0.2, -0.15) is 0 Å². The van der Waals surface area contributed by atoms with Crippen LogP contribution in [0.3, 0.4) is 0 Å². The summed E-state index contributed by atoms with van der Waals surface area (Å²) in [6, 6.07) is 1.78. The van der Waals surface area contributed by atoms with Crippen molar-refractivity contribution in [1.29, 1.82) is 0 Å². The normalized spacial score (nSPS) is 16.4. The van der Waals surface area contributed by atoms with Crippen molar-refractivity contribution < 1.29 is 4.79 Å². The number of carbonyl (C=O) groups excluding carboxylic acids is 1. The van der Waals surface area contributed by atoms with Crippen molar-refractivity contribution in [3.8, 4) is 10.8 Å². The molecule has 108 valence electrons. The van der Waals surface area contributed by atoms with Gasteiger partial charge in [0, 0.05) is 23.7 Å². The third kappa shape index (κ3) is 3.61. The van der Waals surface area contributed by atoms with E-state index in [-0.39, 0.29) is 11.7 Å². The third-order valence-corrected chi connectivity index (χ3v) is 4.56. The van der Waals surface area contributed by atoms with E-state index in [1.165, 1.54) is 30.6 Å². The first-order chi connectivity index (χ1) is 10.3. The third-order valence-electron chi connectivity index (χ3n) is 3.70. The van der Waals surface area contributed by atoms with Crippen LogP contribution in [-0.4, -0.2) is 20.7 Å². The highest BCUT2D eigenvalue weighted by Crippen LogP contribution is 2.25. The van der Waals surface area contributed by atoms with Gasteiger partial charge in [-0.3, -0.25) is 4.79 Å². The van der Waals surface area contributed by atoms with Gasteiger partial charge >= 0.3 is 0 Å². The standard InChI is InChI=1S/C16H17N3OS/c20-14(12-5-2-1-3-6-12)8-7-13-11-21-16(19-13)15-17-9-4-10-18-15/h4,7-12H,1-3,5-6H2. The maximum absolute atomic E-state index is 12.1. The van der Waals surface area contributed by atoms with Gasteiger partial charge in [-0.1, -0.05) is 19.3 Å². The van der Waals surface area contributed by atoms with Gasteiger partial charge in [-0.05, 0) is 31.1 Å². The lowest BCUT2D eigenvalue weighted by atomic mass is 9.86. The first-order valence-corrected chi connectivity index (χ1v) is 8.16.